The van der Waals surface area contributed by atoms with Crippen LogP contribution in [0.25, 0.3) is 5.69 Å². The Hall–Kier alpha value is -2.05. The van der Waals surface area contributed by atoms with Crippen molar-refractivity contribution >= 4 is 35.1 Å². The SMILES string of the molecule is Cc1cc(C(=O)NC(C)CC(=O)O)nn1-c1ccc(Cl)cc1Cl. The van der Waals surface area contributed by atoms with Gasteiger partial charge in [-0.1, -0.05) is 23.2 Å². The number of carboxylic acid groups (broad SMARTS) is 1. The molecule has 0 fully saturated rings. The molecule has 1 unspecified atom stereocenters. The normalized spacial score (nSPS) is 12.0. The maximum Gasteiger partial charge on any atom is 0.305 e. The molecule has 0 bridgehead atoms. The first kappa shape index (κ1) is 17.3. The third-order valence-corrected chi connectivity index (χ3v) is 3.65. The van der Waals surface area contributed by atoms with E-state index < -0.39 is 17.9 Å². The molecule has 0 aliphatic carbocycles. The molecule has 2 N–H and O–H groups in total. The van der Waals surface area contributed by atoms with E-state index in [9.17, 15) is 9.59 Å². The number of hydrogen-bond donors (Lipinski definition) is 2. The standard InChI is InChI=1S/C15H15Cl2N3O3/c1-8(5-14(21)22)18-15(23)12-6-9(2)20(19-12)13-4-3-10(16)7-11(13)17/h3-4,6-8H,5H2,1-2H3,(H,18,23)(H,21,22). The Balaban J connectivity index is 2.24. The van der Waals surface area contributed by atoms with E-state index in [0.717, 1.165) is 0 Å². The van der Waals surface area contributed by atoms with Crippen LogP contribution in [0.2, 0.25) is 10.0 Å². The fraction of sp³-hybridized carbons (Fsp3) is 0.267. The lowest BCUT2D eigenvalue weighted by molar-refractivity contribution is -0.137. The Morgan fingerprint density at radius 1 is 1.35 bits per heavy atom. The summed E-state index contributed by atoms with van der Waals surface area (Å²) in [6.07, 6.45) is -0.158. The number of amides is 1. The van der Waals surface area contributed by atoms with Gasteiger partial charge in [0.15, 0.2) is 5.69 Å². The number of halogens is 2. The monoisotopic (exact) mass is 355 g/mol. The van der Waals surface area contributed by atoms with Gasteiger partial charge in [-0.25, -0.2) is 4.68 Å². The van der Waals surface area contributed by atoms with E-state index in [4.69, 9.17) is 28.3 Å². The lowest BCUT2D eigenvalue weighted by Gasteiger charge is -2.10. The van der Waals surface area contributed by atoms with Gasteiger partial charge in [0.2, 0.25) is 0 Å². The Bertz CT molecular complexity index is 758. The van der Waals surface area contributed by atoms with Crippen LogP contribution >= 0.6 is 23.2 Å². The smallest absolute Gasteiger partial charge is 0.305 e. The van der Waals surface area contributed by atoms with Crippen LogP contribution in [0.3, 0.4) is 0 Å². The minimum absolute atomic E-state index is 0.158. The molecule has 2 aromatic rings. The predicted molar refractivity (Wildman–Crippen MR) is 87.5 cm³/mol. The van der Waals surface area contributed by atoms with Crippen LogP contribution in [0, 0.1) is 6.92 Å². The fourth-order valence-electron chi connectivity index (χ4n) is 2.09. The number of aromatic nitrogens is 2. The van der Waals surface area contributed by atoms with Gasteiger partial charge in [0.1, 0.15) is 0 Å². The van der Waals surface area contributed by atoms with Crippen molar-refractivity contribution in [1.29, 1.82) is 0 Å². The van der Waals surface area contributed by atoms with E-state index in [1.165, 1.54) is 4.68 Å². The molecule has 0 radical (unpaired) electrons. The molecular formula is C15H15Cl2N3O3. The van der Waals surface area contributed by atoms with Gasteiger partial charge in [0.05, 0.1) is 17.1 Å². The lowest BCUT2D eigenvalue weighted by atomic mass is 10.2. The Kier molecular flexibility index (Phi) is 5.28. The minimum Gasteiger partial charge on any atom is -0.481 e. The van der Waals surface area contributed by atoms with Crippen molar-refractivity contribution in [2.24, 2.45) is 0 Å². The first-order valence-corrected chi connectivity index (χ1v) is 7.58. The van der Waals surface area contributed by atoms with Gasteiger partial charge in [-0.3, -0.25) is 9.59 Å². The first-order chi connectivity index (χ1) is 10.8. The van der Waals surface area contributed by atoms with Crippen molar-refractivity contribution in [2.45, 2.75) is 26.3 Å². The number of hydrogen-bond acceptors (Lipinski definition) is 3. The predicted octanol–water partition coefficient (Wildman–Crippen LogP) is 3.08. The third-order valence-electron chi connectivity index (χ3n) is 3.12. The summed E-state index contributed by atoms with van der Waals surface area (Å²) in [4.78, 5) is 22.8. The Morgan fingerprint density at radius 3 is 2.65 bits per heavy atom. The molecule has 0 spiro atoms. The quantitative estimate of drug-likeness (QED) is 0.862. The molecule has 0 aliphatic rings. The molecule has 6 nitrogen and oxygen atoms in total. The van der Waals surface area contributed by atoms with Crippen molar-refractivity contribution in [3.63, 3.8) is 0 Å². The summed E-state index contributed by atoms with van der Waals surface area (Å²) in [5, 5.41) is 16.5. The molecule has 8 heteroatoms. The summed E-state index contributed by atoms with van der Waals surface area (Å²) in [6, 6.07) is 6.09. The van der Waals surface area contributed by atoms with Gasteiger partial charge in [0, 0.05) is 16.8 Å². The van der Waals surface area contributed by atoms with Crippen LogP contribution in [0.5, 0.6) is 0 Å². The molecule has 122 valence electrons. The number of nitrogens with one attached hydrogen (secondary N) is 1. The second-order valence-corrected chi connectivity index (χ2v) is 5.99. The number of carbonyl (C=O) groups excluding carboxylic acids is 1. The fourth-order valence-corrected chi connectivity index (χ4v) is 2.58. The van der Waals surface area contributed by atoms with Crippen LogP contribution in [0.4, 0.5) is 0 Å². The highest BCUT2D eigenvalue weighted by molar-refractivity contribution is 6.35. The topological polar surface area (TPSA) is 84.2 Å². The van der Waals surface area contributed by atoms with Crippen molar-refractivity contribution in [1.82, 2.24) is 15.1 Å². The first-order valence-electron chi connectivity index (χ1n) is 6.82. The summed E-state index contributed by atoms with van der Waals surface area (Å²) < 4.78 is 1.54. The summed E-state index contributed by atoms with van der Waals surface area (Å²) in [7, 11) is 0. The summed E-state index contributed by atoms with van der Waals surface area (Å²) >= 11 is 12.0. The number of rotatable bonds is 5. The number of benzene rings is 1. The zero-order valence-corrected chi connectivity index (χ0v) is 14.0. The van der Waals surface area contributed by atoms with Crippen LogP contribution in [-0.4, -0.2) is 32.8 Å². The number of aliphatic carboxylic acids is 1. The lowest BCUT2D eigenvalue weighted by Crippen LogP contribution is -2.34. The van der Waals surface area contributed by atoms with Gasteiger partial charge < -0.3 is 10.4 Å². The van der Waals surface area contributed by atoms with E-state index >= 15 is 0 Å². The maximum atomic E-state index is 12.1. The van der Waals surface area contributed by atoms with E-state index in [0.29, 0.717) is 21.4 Å². The van der Waals surface area contributed by atoms with Crippen molar-refractivity contribution in [3.05, 3.63) is 45.7 Å². The summed E-state index contributed by atoms with van der Waals surface area (Å²) in [5.41, 5.74) is 1.50. The highest BCUT2D eigenvalue weighted by atomic mass is 35.5. The molecule has 1 aromatic carbocycles. The van der Waals surface area contributed by atoms with Gasteiger partial charge in [0.25, 0.3) is 5.91 Å². The largest absolute Gasteiger partial charge is 0.481 e. The van der Waals surface area contributed by atoms with Crippen molar-refractivity contribution in [2.75, 3.05) is 0 Å². The molecule has 2 rings (SSSR count). The minimum atomic E-state index is -0.979. The number of carboxylic acids is 1. The number of nitrogens with zero attached hydrogens (tertiary/aromatic N) is 2. The molecule has 0 aliphatic heterocycles. The van der Waals surface area contributed by atoms with Crippen molar-refractivity contribution in [3.8, 4) is 5.69 Å². The molecule has 1 amide bonds. The van der Waals surface area contributed by atoms with E-state index in [-0.39, 0.29) is 12.1 Å². The van der Waals surface area contributed by atoms with Crippen molar-refractivity contribution < 1.29 is 14.7 Å². The molecule has 1 heterocycles. The van der Waals surface area contributed by atoms with Crippen LogP contribution in [0.1, 0.15) is 29.5 Å². The van der Waals surface area contributed by atoms with Gasteiger partial charge >= 0.3 is 5.97 Å². The molecule has 0 saturated carbocycles. The molecule has 0 saturated heterocycles. The third kappa shape index (κ3) is 4.24. The zero-order valence-electron chi connectivity index (χ0n) is 12.5. The second kappa shape index (κ2) is 7.02. The second-order valence-electron chi connectivity index (χ2n) is 5.15. The average Bonchev–Trinajstić information content (AvgIpc) is 2.80. The van der Waals surface area contributed by atoms with Crippen LogP contribution in [0.15, 0.2) is 24.3 Å². The number of aryl methyl sites for hydroxylation is 1. The zero-order chi connectivity index (χ0) is 17.1. The maximum absolute atomic E-state index is 12.1. The molecule has 23 heavy (non-hydrogen) atoms. The van der Waals surface area contributed by atoms with Gasteiger partial charge in [-0.2, -0.15) is 5.10 Å². The van der Waals surface area contributed by atoms with E-state index in [2.05, 4.69) is 10.4 Å². The van der Waals surface area contributed by atoms with E-state index in [1.807, 2.05) is 0 Å². The highest BCUT2D eigenvalue weighted by Crippen LogP contribution is 2.25. The molecular weight excluding hydrogens is 341 g/mol. The highest BCUT2D eigenvalue weighted by Gasteiger charge is 2.17. The Morgan fingerprint density at radius 2 is 2.04 bits per heavy atom. The molecule has 1 aromatic heterocycles. The summed E-state index contributed by atoms with van der Waals surface area (Å²) in [5.74, 6) is -1.42. The Labute approximate surface area is 143 Å². The van der Waals surface area contributed by atoms with Gasteiger partial charge in [-0.05, 0) is 38.1 Å². The van der Waals surface area contributed by atoms with Crippen LogP contribution < -0.4 is 5.32 Å². The van der Waals surface area contributed by atoms with Gasteiger partial charge in [-0.15, -0.1) is 0 Å². The average molecular weight is 356 g/mol. The summed E-state index contributed by atoms with van der Waals surface area (Å²) in [6.45, 7) is 3.40. The number of carbonyl (C=O) groups is 2. The molecule has 1 atom stereocenters. The van der Waals surface area contributed by atoms with Crippen LogP contribution in [-0.2, 0) is 4.79 Å². The van der Waals surface area contributed by atoms with E-state index in [1.54, 1.807) is 38.1 Å².